The fourth-order valence-corrected chi connectivity index (χ4v) is 2.41. The van der Waals surface area contributed by atoms with Crippen molar-refractivity contribution in [2.75, 3.05) is 5.32 Å². The van der Waals surface area contributed by atoms with E-state index < -0.39 is 0 Å². The second-order valence-corrected chi connectivity index (χ2v) is 5.02. The van der Waals surface area contributed by atoms with Crippen molar-refractivity contribution in [3.8, 4) is 0 Å². The molecule has 0 aliphatic heterocycles. The first-order valence-electron chi connectivity index (χ1n) is 6.48. The van der Waals surface area contributed by atoms with E-state index in [1.165, 1.54) is 5.56 Å². The molecule has 4 heteroatoms. The summed E-state index contributed by atoms with van der Waals surface area (Å²) in [4.78, 5) is 0. The molecule has 0 aliphatic rings. The lowest BCUT2D eigenvalue weighted by Gasteiger charge is -2.16. The number of rotatable bonds is 3. The van der Waals surface area contributed by atoms with Crippen molar-refractivity contribution in [1.82, 2.24) is 10.2 Å². The zero-order valence-corrected chi connectivity index (χ0v) is 11.8. The molecular weight excluding hydrogens is 270 g/mol. The lowest BCUT2D eigenvalue weighted by atomic mass is 10.1. The Bertz CT molecular complexity index is 728. The average Bonchev–Trinajstić information content (AvgIpc) is 2.51. The van der Waals surface area contributed by atoms with Gasteiger partial charge in [-0.15, -0.1) is 10.2 Å². The zero-order chi connectivity index (χ0) is 13.9. The molecule has 1 N–H and O–H groups in total. The van der Waals surface area contributed by atoms with E-state index in [9.17, 15) is 0 Å². The fourth-order valence-electron chi connectivity index (χ4n) is 2.21. The van der Waals surface area contributed by atoms with Gasteiger partial charge in [-0.05, 0) is 12.5 Å². The summed E-state index contributed by atoms with van der Waals surface area (Å²) < 4.78 is 0. The number of aromatic nitrogens is 2. The van der Waals surface area contributed by atoms with Crippen LogP contribution in [0.1, 0.15) is 18.5 Å². The molecular formula is C16H14ClN3. The van der Waals surface area contributed by atoms with E-state index in [0.29, 0.717) is 5.15 Å². The second-order valence-electron chi connectivity index (χ2n) is 4.66. The number of hydrogen-bond donors (Lipinski definition) is 1. The molecule has 0 saturated heterocycles. The molecule has 0 fully saturated rings. The van der Waals surface area contributed by atoms with Crippen molar-refractivity contribution in [3.05, 3.63) is 65.3 Å². The number of fused-ring (bicyclic) bond motifs is 1. The molecule has 3 nitrogen and oxygen atoms in total. The van der Waals surface area contributed by atoms with Crippen LogP contribution in [-0.2, 0) is 0 Å². The van der Waals surface area contributed by atoms with Crippen LogP contribution in [0.25, 0.3) is 10.8 Å². The Morgan fingerprint density at radius 3 is 2.30 bits per heavy atom. The highest BCUT2D eigenvalue weighted by Crippen LogP contribution is 2.28. The van der Waals surface area contributed by atoms with Gasteiger partial charge in [0.25, 0.3) is 0 Å². The largest absolute Gasteiger partial charge is 0.362 e. The zero-order valence-electron chi connectivity index (χ0n) is 11.0. The van der Waals surface area contributed by atoms with Crippen LogP contribution < -0.4 is 5.32 Å². The molecule has 0 radical (unpaired) electrons. The Labute approximate surface area is 122 Å². The minimum Gasteiger partial charge on any atom is -0.362 e. The normalized spacial score (nSPS) is 12.3. The summed E-state index contributed by atoms with van der Waals surface area (Å²) >= 11 is 6.08. The molecule has 3 aromatic rings. The lowest BCUT2D eigenvalue weighted by molar-refractivity contribution is 0.865. The Morgan fingerprint density at radius 1 is 0.900 bits per heavy atom. The van der Waals surface area contributed by atoms with Gasteiger partial charge in [0.15, 0.2) is 11.0 Å². The number of nitrogens with one attached hydrogen (secondary N) is 1. The van der Waals surface area contributed by atoms with Gasteiger partial charge in [0, 0.05) is 10.8 Å². The fraction of sp³-hybridized carbons (Fsp3) is 0.125. The number of benzene rings is 2. The van der Waals surface area contributed by atoms with E-state index >= 15 is 0 Å². The molecule has 3 rings (SSSR count). The van der Waals surface area contributed by atoms with Gasteiger partial charge in [0.2, 0.25) is 0 Å². The maximum absolute atomic E-state index is 6.08. The van der Waals surface area contributed by atoms with Gasteiger partial charge in [-0.1, -0.05) is 66.2 Å². The van der Waals surface area contributed by atoms with Gasteiger partial charge < -0.3 is 5.32 Å². The van der Waals surface area contributed by atoms with Crippen molar-refractivity contribution < 1.29 is 0 Å². The topological polar surface area (TPSA) is 37.8 Å². The second kappa shape index (κ2) is 5.47. The maximum Gasteiger partial charge on any atom is 0.159 e. The average molecular weight is 284 g/mol. The van der Waals surface area contributed by atoms with E-state index in [0.717, 1.165) is 16.6 Å². The van der Waals surface area contributed by atoms with Crippen molar-refractivity contribution in [2.45, 2.75) is 13.0 Å². The highest BCUT2D eigenvalue weighted by atomic mass is 35.5. The van der Waals surface area contributed by atoms with Crippen molar-refractivity contribution in [1.29, 1.82) is 0 Å². The van der Waals surface area contributed by atoms with Crippen LogP contribution in [0.5, 0.6) is 0 Å². The van der Waals surface area contributed by atoms with E-state index in [1.807, 2.05) is 42.5 Å². The first kappa shape index (κ1) is 12.9. The standard InChI is InChI=1S/C16H14ClN3/c1-11(12-7-3-2-4-8-12)18-16-14-10-6-5-9-13(14)15(17)19-20-16/h2-11H,1H3,(H,18,20)/t11-/m0/s1. The Balaban J connectivity index is 1.97. The summed E-state index contributed by atoms with van der Waals surface area (Å²) in [6, 6.07) is 18.2. The van der Waals surface area contributed by atoms with Crippen molar-refractivity contribution in [2.24, 2.45) is 0 Å². The molecule has 100 valence electrons. The smallest absolute Gasteiger partial charge is 0.159 e. The van der Waals surface area contributed by atoms with Gasteiger partial charge >= 0.3 is 0 Å². The number of nitrogens with zero attached hydrogens (tertiary/aromatic N) is 2. The third-order valence-corrected chi connectivity index (χ3v) is 3.57. The summed E-state index contributed by atoms with van der Waals surface area (Å²) in [6.07, 6.45) is 0. The number of anilines is 1. The molecule has 1 heterocycles. The van der Waals surface area contributed by atoms with Crippen LogP contribution >= 0.6 is 11.6 Å². The number of hydrogen-bond acceptors (Lipinski definition) is 3. The minimum atomic E-state index is 0.148. The summed E-state index contributed by atoms with van der Waals surface area (Å²) in [5.41, 5.74) is 1.20. The highest BCUT2D eigenvalue weighted by molar-refractivity contribution is 6.34. The van der Waals surface area contributed by atoms with Crippen LogP contribution in [-0.4, -0.2) is 10.2 Å². The van der Waals surface area contributed by atoms with Crippen LogP contribution in [0.4, 0.5) is 5.82 Å². The molecule has 0 bridgehead atoms. The predicted octanol–water partition coefficient (Wildman–Crippen LogP) is 4.46. The summed E-state index contributed by atoms with van der Waals surface area (Å²) in [5, 5.41) is 13.9. The molecule has 0 unspecified atom stereocenters. The van der Waals surface area contributed by atoms with Gasteiger partial charge in [0.1, 0.15) is 0 Å². The third kappa shape index (κ3) is 2.45. The minimum absolute atomic E-state index is 0.148. The quantitative estimate of drug-likeness (QED) is 0.771. The molecule has 1 atom stereocenters. The Morgan fingerprint density at radius 2 is 1.55 bits per heavy atom. The van der Waals surface area contributed by atoms with E-state index in [4.69, 9.17) is 11.6 Å². The Kier molecular flexibility index (Phi) is 3.52. The van der Waals surface area contributed by atoms with E-state index in [1.54, 1.807) is 0 Å². The third-order valence-electron chi connectivity index (χ3n) is 3.30. The predicted molar refractivity (Wildman–Crippen MR) is 83.0 cm³/mol. The summed E-state index contributed by atoms with van der Waals surface area (Å²) in [5.74, 6) is 0.751. The molecule has 0 spiro atoms. The van der Waals surface area contributed by atoms with E-state index in [2.05, 4.69) is 34.6 Å². The maximum atomic E-state index is 6.08. The van der Waals surface area contributed by atoms with Crippen LogP contribution in [0.15, 0.2) is 54.6 Å². The van der Waals surface area contributed by atoms with Gasteiger partial charge in [0.05, 0.1) is 6.04 Å². The van der Waals surface area contributed by atoms with Crippen molar-refractivity contribution >= 4 is 28.2 Å². The SMILES string of the molecule is C[C@H](Nc1nnc(Cl)c2ccccc12)c1ccccc1. The highest BCUT2D eigenvalue weighted by Gasteiger charge is 2.10. The van der Waals surface area contributed by atoms with Crippen LogP contribution in [0.3, 0.4) is 0 Å². The molecule has 2 aromatic carbocycles. The van der Waals surface area contributed by atoms with Gasteiger partial charge in [-0.25, -0.2) is 0 Å². The summed E-state index contributed by atoms with van der Waals surface area (Å²) in [7, 11) is 0. The molecule has 0 aliphatic carbocycles. The Hall–Kier alpha value is -2.13. The lowest BCUT2D eigenvalue weighted by Crippen LogP contribution is -2.09. The van der Waals surface area contributed by atoms with Crippen LogP contribution in [0, 0.1) is 0 Å². The van der Waals surface area contributed by atoms with E-state index in [-0.39, 0.29) is 6.04 Å². The monoisotopic (exact) mass is 283 g/mol. The molecule has 0 amide bonds. The van der Waals surface area contributed by atoms with Crippen molar-refractivity contribution in [3.63, 3.8) is 0 Å². The number of halogens is 1. The van der Waals surface area contributed by atoms with Crippen LogP contribution in [0.2, 0.25) is 5.15 Å². The summed E-state index contributed by atoms with van der Waals surface area (Å²) in [6.45, 7) is 2.10. The van der Waals surface area contributed by atoms with Gasteiger partial charge in [-0.2, -0.15) is 0 Å². The first-order chi connectivity index (χ1) is 9.75. The molecule has 20 heavy (non-hydrogen) atoms. The molecule has 1 aromatic heterocycles. The van der Waals surface area contributed by atoms with Gasteiger partial charge in [-0.3, -0.25) is 0 Å². The first-order valence-corrected chi connectivity index (χ1v) is 6.86. The molecule has 0 saturated carbocycles.